The molecular weight excluding hydrogens is 585 g/mol. The third kappa shape index (κ3) is 12.3. The zero-order valence-electron chi connectivity index (χ0n) is 26.0. The number of nitrogens with zero attached hydrogens (tertiary/aromatic N) is 4. The van der Waals surface area contributed by atoms with Crippen LogP contribution >= 0.6 is 7.60 Å². The third-order valence-corrected chi connectivity index (χ3v) is 7.21. The first-order valence-corrected chi connectivity index (χ1v) is 15.8. The monoisotopic (exact) mass is 629 g/mol. The Bertz CT molecular complexity index is 1220. The summed E-state index contributed by atoms with van der Waals surface area (Å²) < 4.78 is 41.0. The van der Waals surface area contributed by atoms with Crippen molar-refractivity contribution in [2.24, 2.45) is 10.8 Å². The highest BCUT2D eigenvalue weighted by Crippen LogP contribution is 2.48. The fourth-order valence-corrected chi connectivity index (χ4v) is 4.18. The van der Waals surface area contributed by atoms with Gasteiger partial charge in [-0.15, -0.1) is 0 Å². The molecule has 0 saturated carbocycles. The van der Waals surface area contributed by atoms with Crippen molar-refractivity contribution in [3.05, 3.63) is 18.3 Å². The number of unbranched alkanes of at least 4 members (excludes halogenated alkanes) is 3. The molecule has 0 aromatic carbocycles. The minimum absolute atomic E-state index is 0.0120. The normalized spacial score (nSPS) is 12.3. The molecule has 0 aliphatic carbocycles. The van der Waals surface area contributed by atoms with Gasteiger partial charge in [0.1, 0.15) is 18.2 Å². The van der Waals surface area contributed by atoms with E-state index in [9.17, 15) is 18.9 Å². The van der Waals surface area contributed by atoms with Gasteiger partial charge in [-0.1, -0.05) is 26.2 Å². The number of carbonyl (C=O) groups is 3. The summed E-state index contributed by atoms with van der Waals surface area (Å²) in [5.41, 5.74) is 1.49. The van der Waals surface area contributed by atoms with E-state index >= 15 is 0 Å². The Balaban J connectivity index is 1.96. The maximum Gasteiger partial charge on any atom is 0.361 e. The summed E-state index contributed by atoms with van der Waals surface area (Å²) in [5.74, 6) is -1.68. The van der Waals surface area contributed by atoms with Crippen molar-refractivity contribution in [2.75, 3.05) is 33.1 Å². The minimum Gasteiger partial charge on any atom is -0.438 e. The number of amides is 1. The standard InChI is InChI=1S/C27H44N5O10P/c1-8-9-10-11-13-40-31-23(33)21-20-22(29-15-28-21)32(16-30-20)12-14-37-19-43(36,41-17-38-24(34)26(2,3)4)42-18-39-25(35)27(5,6)7/h15-16H,8-14,17-19H2,1-7H3,(H,31,33). The lowest BCUT2D eigenvalue weighted by Gasteiger charge is -2.22. The quantitative estimate of drug-likeness (QED) is 0.0809. The molecule has 0 aliphatic rings. The van der Waals surface area contributed by atoms with Crippen LogP contribution in [0.15, 0.2) is 12.7 Å². The van der Waals surface area contributed by atoms with Gasteiger partial charge in [0.05, 0.1) is 30.4 Å². The number of imidazole rings is 1. The summed E-state index contributed by atoms with van der Waals surface area (Å²) in [6.45, 7) is 11.4. The van der Waals surface area contributed by atoms with Gasteiger partial charge in [-0.25, -0.2) is 20.4 Å². The Morgan fingerprint density at radius 3 is 2.09 bits per heavy atom. The van der Waals surface area contributed by atoms with Crippen molar-refractivity contribution in [1.82, 2.24) is 25.0 Å². The lowest BCUT2D eigenvalue weighted by Crippen LogP contribution is -2.25. The van der Waals surface area contributed by atoms with Crippen LogP contribution < -0.4 is 5.48 Å². The molecule has 2 aromatic rings. The predicted octanol–water partition coefficient (Wildman–Crippen LogP) is 4.36. The number of nitrogens with one attached hydrogen (secondary N) is 1. The topological polar surface area (TPSA) is 179 Å². The van der Waals surface area contributed by atoms with Gasteiger partial charge in [-0.3, -0.25) is 32.8 Å². The first kappa shape index (κ1) is 36.2. The van der Waals surface area contributed by atoms with Gasteiger partial charge >= 0.3 is 19.5 Å². The van der Waals surface area contributed by atoms with Crippen molar-refractivity contribution < 1.29 is 47.0 Å². The molecule has 2 heterocycles. The zero-order valence-corrected chi connectivity index (χ0v) is 26.9. The zero-order chi connectivity index (χ0) is 32.1. The largest absolute Gasteiger partial charge is 0.438 e. The van der Waals surface area contributed by atoms with Crippen molar-refractivity contribution in [3.63, 3.8) is 0 Å². The summed E-state index contributed by atoms with van der Waals surface area (Å²) >= 11 is 0. The molecule has 0 fully saturated rings. The van der Waals surface area contributed by atoms with E-state index in [-0.39, 0.29) is 24.4 Å². The average Bonchev–Trinajstić information content (AvgIpc) is 3.35. The first-order chi connectivity index (χ1) is 20.2. The van der Waals surface area contributed by atoms with Gasteiger partial charge in [0, 0.05) is 6.54 Å². The second-order valence-corrected chi connectivity index (χ2v) is 13.7. The fourth-order valence-electron chi connectivity index (χ4n) is 3.18. The molecular formula is C27H44N5O10P. The highest BCUT2D eigenvalue weighted by Gasteiger charge is 2.30. The van der Waals surface area contributed by atoms with E-state index in [1.54, 1.807) is 46.1 Å². The smallest absolute Gasteiger partial charge is 0.361 e. The number of esters is 2. The molecule has 1 amide bonds. The molecule has 0 radical (unpaired) electrons. The van der Waals surface area contributed by atoms with Gasteiger partial charge in [0.25, 0.3) is 5.91 Å². The van der Waals surface area contributed by atoms with E-state index in [2.05, 4.69) is 27.4 Å². The van der Waals surface area contributed by atoms with Crippen LogP contribution in [0.1, 0.15) is 84.6 Å². The van der Waals surface area contributed by atoms with Crippen LogP contribution in [-0.2, 0) is 48.8 Å². The summed E-state index contributed by atoms with van der Waals surface area (Å²) in [4.78, 5) is 54.4. The summed E-state index contributed by atoms with van der Waals surface area (Å²) in [6.07, 6.45) is 6.22. The van der Waals surface area contributed by atoms with Crippen LogP contribution in [0.25, 0.3) is 11.2 Å². The van der Waals surface area contributed by atoms with E-state index in [0.29, 0.717) is 12.3 Å². The molecule has 0 aliphatic heterocycles. The average molecular weight is 630 g/mol. The van der Waals surface area contributed by atoms with E-state index in [4.69, 9.17) is 28.1 Å². The van der Waals surface area contributed by atoms with Gasteiger partial charge in [0.2, 0.25) is 13.6 Å². The number of hydroxylamine groups is 1. The van der Waals surface area contributed by atoms with Crippen LogP contribution in [0.5, 0.6) is 0 Å². The summed E-state index contributed by atoms with van der Waals surface area (Å²) in [7, 11) is -4.03. The third-order valence-electron chi connectivity index (χ3n) is 5.71. The SMILES string of the molecule is CCCCCCONC(=O)c1ncnc2c1ncn2CCOCP(=O)(OCOC(=O)C(C)(C)C)OCOC(=O)C(C)(C)C. The molecule has 0 spiro atoms. The maximum atomic E-state index is 13.3. The van der Waals surface area contributed by atoms with E-state index in [1.807, 2.05) is 0 Å². The second-order valence-electron chi connectivity index (χ2n) is 11.7. The van der Waals surface area contributed by atoms with E-state index in [1.165, 1.54) is 12.7 Å². The van der Waals surface area contributed by atoms with Gasteiger partial charge in [0.15, 0.2) is 11.3 Å². The number of hydrogen-bond donors (Lipinski definition) is 1. The Hall–Kier alpha value is -2.97. The summed E-state index contributed by atoms with van der Waals surface area (Å²) in [6, 6.07) is 0. The van der Waals surface area contributed by atoms with E-state index < -0.39 is 56.2 Å². The maximum absolute atomic E-state index is 13.3. The van der Waals surface area contributed by atoms with Crippen LogP contribution in [0.4, 0.5) is 0 Å². The second kappa shape index (κ2) is 16.8. The molecule has 2 rings (SSSR count). The van der Waals surface area contributed by atoms with Crippen molar-refractivity contribution in [1.29, 1.82) is 0 Å². The van der Waals surface area contributed by atoms with Crippen LogP contribution in [-0.4, -0.2) is 70.5 Å². The molecule has 16 heteroatoms. The summed E-state index contributed by atoms with van der Waals surface area (Å²) in [5, 5.41) is 0. The number of ether oxygens (including phenoxy) is 3. The van der Waals surface area contributed by atoms with E-state index in [0.717, 1.165) is 25.7 Å². The number of rotatable bonds is 18. The Labute approximate surface area is 251 Å². The molecule has 43 heavy (non-hydrogen) atoms. The van der Waals surface area contributed by atoms with Gasteiger partial charge in [-0.05, 0) is 48.0 Å². The molecule has 0 saturated heterocycles. The van der Waals surface area contributed by atoms with Crippen LogP contribution in [0.2, 0.25) is 0 Å². The highest BCUT2D eigenvalue weighted by atomic mass is 31.2. The molecule has 242 valence electrons. The molecule has 0 atom stereocenters. The van der Waals surface area contributed by atoms with Gasteiger partial charge in [-0.2, -0.15) is 0 Å². The molecule has 1 N–H and O–H groups in total. The Kier molecular flexibility index (Phi) is 14.1. The molecule has 0 unspecified atom stereocenters. The molecule has 2 aromatic heterocycles. The minimum atomic E-state index is -4.03. The number of fused-ring (bicyclic) bond motifs is 1. The molecule has 15 nitrogen and oxygen atoms in total. The molecule has 0 bridgehead atoms. The van der Waals surface area contributed by atoms with Crippen molar-refractivity contribution in [2.45, 2.75) is 80.7 Å². The van der Waals surface area contributed by atoms with Crippen molar-refractivity contribution >= 4 is 36.6 Å². The highest BCUT2D eigenvalue weighted by molar-refractivity contribution is 7.53. The Morgan fingerprint density at radius 2 is 1.51 bits per heavy atom. The number of carbonyl (C=O) groups excluding carboxylic acids is 3. The first-order valence-electron chi connectivity index (χ1n) is 14.1. The van der Waals surface area contributed by atoms with Crippen LogP contribution in [0.3, 0.4) is 0 Å². The lowest BCUT2D eigenvalue weighted by atomic mass is 9.98. The predicted molar refractivity (Wildman–Crippen MR) is 154 cm³/mol. The fraction of sp³-hybridized carbons (Fsp3) is 0.704. The lowest BCUT2D eigenvalue weighted by molar-refractivity contribution is -0.162. The van der Waals surface area contributed by atoms with Crippen molar-refractivity contribution in [3.8, 4) is 0 Å². The number of hydrogen-bond acceptors (Lipinski definition) is 13. The van der Waals surface area contributed by atoms with Gasteiger partial charge < -0.3 is 18.8 Å². The van der Waals surface area contributed by atoms with Crippen LogP contribution in [0, 0.1) is 10.8 Å². The number of aromatic nitrogens is 4. The Morgan fingerprint density at radius 1 is 0.884 bits per heavy atom.